The molecule has 1 fully saturated rings. The van der Waals surface area contributed by atoms with Crippen LogP contribution in [0.25, 0.3) is 10.8 Å². The third-order valence-electron chi connectivity index (χ3n) is 6.90. The number of piperidine rings is 1. The van der Waals surface area contributed by atoms with Gasteiger partial charge in [0.1, 0.15) is 11.7 Å². The first-order chi connectivity index (χ1) is 16.5. The van der Waals surface area contributed by atoms with E-state index in [4.69, 9.17) is 16.3 Å². The highest BCUT2D eigenvalue weighted by atomic mass is 35.5. The van der Waals surface area contributed by atoms with Gasteiger partial charge in [-0.2, -0.15) is 5.10 Å². The second-order valence-corrected chi connectivity index (χ2v) is 10.9. The fraction of sp³-hybridized carbons (Fsp3) is 0.423. The molecule has 2 aromatic carbocycles. The number of hydrogen-bond acceptors (Lipinski definition) is 5. The van der Waals surface area contributed by atoms with Crippen molar-refractivity contribution >= 4 is 40.1 Å². The molecular weight excluding hydrogens is 468 g/mol. The van der Waals surface area contributed by atoms with Crippen molar-refractivity contribution in [1.29, 1.82) is 0 Å². The first-order valence-corrected chi connectivity index (χ1v) is 12.1. The monoisotopic (exact) mass is 496 g/mol. The van der Waals surface area contributed by atoms with Crippen molar-refractivity contribution in [2.24, 2.45) is 0 Å². The third-order valence-corrected chi connectivity index (χ3v) is 7.19. The number of anilines is 1. The zero-order chi connectivity index (χ0) is 25.1. The molecule has 1 unspecified atom stereocenters. The van der Waals surface area contributed by atoms with Crippen LogP contribution in [0.2, 0.25) is 5.15 Å². The summed E-state index contributed by atoms with van der Waals surface area (Å²) in [5.41, 5.74) is 1.59. The molecule has 3 heterocycles. The van der Waals surface area contributed by atoms with Gasteiger partial charge in [0.25, 0.3) is 5.91 Å². The Morgan fingerprint density at radius 2 is 1.91 bits per heavy atom. The van der Waals surface area contributed by atoms with E-state index in [1.54, 1.807) is 23.2 Å². The summed E-state index contributed by atoms with van der Waals surface area (Å²) in [5.74, 6) is -0.145. The van der Waals surface area contributed by atoms with Crippen LogP contribution in [-0.4, -0.2) is 50.5 Å². The van der Waals surface area contributed by atoms with Crippen molar-refractivity contribution in [2.45, 2.75) is 57.8 Å². The van der Waals surface area contributed by atoms with E-state index in [2.05, 4.69) is 17.3 Å². The predicted molar refractivity (Wildman–Crippen MR) is 134 cm³/mol. The number of benzene rings is 2. The van der Waals surface area contributed by atoms with E-state index in [0.717, 1.165) is 16.5 Å². The van der Waals surface area contributed by atoms with Gasteiger partial charge in [0, 0.05) is 41.5 Å². The molecule has 0 spiro atoms. The first kappa shape index (κ1) is 23.6. The molecule has 2 N–H and O–H groups in total. The maximum atomic E-state index is 12.4. The number of aliphatic hydroxyl groups is 1. The molecule has 1 saturated heterocycles. The Morgan fingerprint density at radius 3 is 2.60 bits per heavy atom. The fourth-order valence-corrected chi connectivity index (χ4v) is 5.10. The van der Waals surface area contributed by atoms with Gasteiger partial charge in [0.05, 0.1) is 5.54 Å². The van der Waals surface area contributed by atoms with E-state index in [0.29, 0.717) is 42.6 Å². The van der Waals surface area contributed by atoms with Gasteiger partial charge in [-0.05, 0) is 63.6 Å². The molecule has 0 bridgehead atoms. The number of nitrogens with one attached hydrogen (secondary N) is 1. The van der Waals surface area contributed by atoms with Crippen LogP contribution in [0, 0.1) is 0 Å². The van der Waals surface area contributed by atoms with Crippen molar-refractivity contribution in [3.63, 3.8) is 0 Å². The highest BCUT2D eigenvalue weighted by molar-refractivity contribution is 6.30. The Morgan fingerprint density at radius 1 is 1.20 bits per heavy atom. The van der Waals surface area contributed by atoms with E-state index in [1.165, 1.54) is 0 Å². The molecule has 184 valence electrons. The number of aliphatic hydroxyl groups excluding tert-OH is 1. The van der Waals surface area contributed by atoms with Gasteiger partial charge in [-0.25, -0.2) is 4.79 Å². The SMILES string of the molecule is CC(C)(C)OC(=O)N1CCC(C)(n2cc(C(O)c3ccc4c5c(cccc35)C(=O)N4)c(Cl)n2)CC1. The molecule has 5 rings (SSSR count). The lowest BCUT2D eigenvalue weighted by Gasteiger charge is -2.39. The van der Waals surface area contributed by atoms with Crippen molar-refractivity contribution in [1.82, 2.24) is 14.7 Å². The van der Waals surface area contributed by atoms with Crippen molar-refractivity contribution in [3.8, 4) is 0 Å². The molecule has 0 radical (unpaired) electrons. The van der Waals surface area contributed by atoms with Crippen LogP contribution in [0.4, 0.5) is 10.5 Å². The molecule has 1 atom stereocenters. The standard InChI is InChI=1S/C26H29ClN4O4/c1-25(2,3)35-24(34)30-12-10-26(4,11-13-30)31-14-18(22(27)29-31)21(32)16-8-9-19-20-15(16)6-5-7-17(20)23(33)28-19/h5-9,14,21,32H,10-13H2,1-4H3,(H,28,33). The minimum absolute atomic E-state index is 0.145. The lowest BCUT2D eigenvalue weighted by Crippen LogP contribution is -2.48. The fourth-order valence-electron chi connectivity index (χ4n) is 4.87. The average Bonchev–Trinajstić information content (AvgIpc) is 3.34. The topological polar surface area (TPSA) is 96.7 Å². The average molecular weight is 497 g/mol. The molecule has 1 aromatic heterocycles. The lowest BCUT2D eigenvalue weighted by atomic mass is 9.90. The number of likely N-dealkylation sites (tertiary alicyclic amines) is 1. The number of aromatic nitrogens is 2. The second kappa shape index (κ2) is 8.24. The molecule has 2 aliphatic heterocycles. The van der Waals surface area contributed by atoms with Gasteiger partial charge in [0.15, 0.2) is 5.15 Å². The smallest absolute Gasteiger partial charge is 0.410 e. The van der Waals surface area contributed by atoms with Crippen LogP contribution in [-0.2, 0) is 10.3 Å². The van der Waals surface area contributed by atoms with E-state index in [9.17, 15) is 14.7 Å². The van der Waals surface area contributed by atoms with Gasteiger partial charge in [-0.1, -0.05) is 29.8 Å². The summed E-state index contributed by atoms with van der Waals surface area (Å²) in [6.07, 6.45) is 1.82. The molecule has 0 saturated carbocycles. The summed E-state index contributed by atoms with van der Waals surface area (Å²) >= 11 is 6.53. The summed E-state index contributed by atoms with van der Waals surface area (Å²) in [6, 6.07) is 9.10. The Bertz CT molecular complexity index is 1340. The Hall–Kier alpha value is -3.10. The normalized spacial score (nSPS) is 18.0. The highest BCUT2D eigenvalue weighted by Crippen LogP contribution is 2.40. The van der Waals surface area contributed by atoms with Crippen LogP contribution >= 0.6 is 11.6 Å². The van der Waals surface area contributed by atoms with Gasteiger partial charge in [-0.15, -0.1) is 0 Å². The number of nitrogens with zero attached hydrogens (tertiary/aromatic N) is 3. The van der Waals surface area contributed by atoms with Crippen LogP contribution < -0.4 is 5.32 Å². The van der Waals surface area contributed by atoms with Gasteiger partial charge in [-0.3, -0.25) is 9.48 Å². The summed E-state index contributed by atoms with van der Waals surface area (Å²) in [4.78, 5) is 26.4. The van der Waals surface area contributed by atoms with Gasteiger partial charge >= 0.3 is 6.09 Å². The molecule has 9 heteroatoms. The van der Waals surface area contributed by atoms with Crippen LogP contribution in [0.3, 0.4) is 0 Å². The third kappa shape index (κ3) is 4.15. The zero-order valence-electron chi connectivity index (χ0n) is 20.3. The second-order valence-electron chi connectivity index (χ2n) is 10.6. The maximum absolute atomic E-state index is 12.4. The molecule has 0 aliphatic carbocycles. The van der Waals surface area contributed by atoms with E-state index in [-0.39, 0.29) is 22.7 Å². The van der Waals surface area contributed by atoms with Crippen molar-refractivity contribution < 1.29 is 19.4 Å². The number of halogens is 1. The number of ether oxygens (including phenoxy) is 1. The van der Waals surface area contributed by atoms with Gasteiger partial charge in [0.2, 0.25) is 0 Å². The van der Waals surface area contributed by atoms with Crippen LogP contribution in [0.15, 0.2) is 36.5 Å². The Balaban J connectivity index is 1.40. The molecular formula is C26H29ClN4O4. The molecule has 35 heavy (non-hydrogen) atoms. The zero-order valence-corrected chi connectivity index (χ0v) is 21.0. The van der Waals surface area contributed by atoms with Gasteiger partial charge < -0.3 is 20.1 Å². The highest BCUT2D eigenvalue weighted by Gasteiger charge is 2.37. The lowest BCUT2D eigenvalue weighted by molar-refractivity contribution is 0.0120. The van der Waals surface area contributed by atoms with E-state index < -0.39 is 11.7 Å². The number of carbonyl (C=O) groups excluding carboxylic acids is 2. The largest absolute Gasteiger partial charge is 0.444 e. The summed E-state index contributed by atoms with van der Waals surface area (Å²) in [7, 11) is 0. The number of rotatable bonds is 3. The summed E-state index contributed by atoms with van der Waals surface area (Å²) in [6.45, 7) is 8.72. The maximum Gasteiger partial charge on any atom is 0.410 e. The minimum Gasteiger partial charge on any atom is -0.444 e. The molecule has 2 amide bonds. The summed E-state index contributed by atoms with van der Waals surface area (Å²) in [5, 5.41) is 20.6. The Kier molecular flexibility index (Phi) is 5.56. The van der Waals surface area contributed by atoms with Crippen molar-refractivity contribution in [2.75, 3.05) is 18.4 Å². The molecule has 3 aromatic rings. The minimum atomic E-state index is -1.01. The molecule has 8 nitrogen and oxygen atoms in total. The molecule has 2 aliphatic rings. The first-order valence-electron chi connectivity index (χ1n) is 11.8. The number of amides is 2. The van der Waals surface area contributed by atoms with Crippen LogP contribution in [0.1, 0.15) is 68.1 Å². The van der Waals surface area contributed by atoms with Crippen molar-refractivity contribution in [3.05, 3.63) is 58.4 Å². The quantitative estimate of drug-likeness (QED) is 0.527. The number of carbonyl (C=O) groups is 2. The Labute approximate surface area is 208 Å². The van der Waals surface area contributed by atoms with Crippen LogP contribution in [0.5, 0.6) is 0 Å². The predicted octanol–water partition coefficient (Wildman–Crippen LogP) is 5.08. The summed E-state index contributed by atoms with van der Waals surface area (Å²) < 4.78 is 7.31. The van der Waals surface area contributed by atoms with E-state index in [1.807, 2.05) is 43.7 Å². The van der Waals surface area contributed by atoms with E-state index >= 15 is 0 Å². The number of hydrogen-bond donors (Lipinski definition) is 2.